The van der Waals surface area contributed by atoms with Crippen molar-refractivity contribution in [2.45, 2.75) is 51.7 Å². The molecule has 6 nitrogen and oxygen atoms in total. The molecule has 3 rings (SSSR count). The molecule has 1 unspecified atom stereocenters. The average Bonchev–Trinajstić information content (AvgIpc) is 3.07. The highest BCUT2D eigenvalue weighted by Gasteiger charge is 2.34. The fraction of sp³-hybridized carbons (Fsp3) is 0.375. The van der Waals surface area contributed by atoms with Crippen molar-refractivity contribution in [3.63, 3.8) is 0 Å². The first-order valence-electron chi connectivity index (χ1n) is 10.5. The fourth-order valence-electron chi connectivity index (χ4n) is 3.50. The zero-order valence-corrected chi connectivity index (χ0v) is 22.5. The quantitative estimate of drug-likeness (QED) is 0.434. The van der Waals surface area contributed by atoms with Gasteiger partial charge in [0.05, 0.1) is 5.56 Å². The van der Waals surface area contributed by atoms with E-state index in [1.165, 1.54) is 0 Å². The number of amides is 2. The first kappa shape index (κ1) is 25.7. The minimum Gasteiger partial charge on any atom is -0.456 e. The van der Waals surface area contributed by atoms with Gasteiger partial charge in [-0.05, 0) is 75.6 Å². The summed E-state index contributed by atoms with van der Waals surface area (Å²) in [6.45, 7) is 5.83. The summed E-state index contributed by atoms with van der Waals surface area (Å²) < 4.78 is 6.99. The Kier molecular flexibility index (Phi) is 8.24. The molecule has 33 heavy (non-hydrogen) atoms. The molecule has 0 bridgehead atoms. The number of halogens is 3. The third-order valence-electron chi connectivity index (χ3n) is 5.00. The summed E-state index contributed by atoms with van der Waals surface area (Å²) in [7, 11) is 0. The Bertz CT molecular complexity index is 1080. The second-order valence-corrected chi connectivity index (χ2v) is 11.0. The molecular weight excluding hydrogens is 576 g/mol. The van der Waals surface area contributed by atoms with E-state index < -0.39 is 17.6 Å². The predicted octanol–water partition coefficient (Wildman–Crippen LogP) is 5.67. The van der Waals surface area contributed by atoms with Gasteiger partial charge in [0.2, 0.25) is 11.8 Å². The van der Waals surface area contributed by atoms with Crippen molar-refractivity contribution in [3.8, 4) is 0 Å². The zero-order chi connectivity index (χ0) is 24.3. The normalized spacial score (nSPS) is 16.1. The van der Waals surface area contributed by atoms with Gasteiger partial charge in [0.1, 0.15) is 11.6 Å². The number of carbonyl (C=O) groups excluding carboxylic acids is 3. The van der Waals surface area contributed by atoms with Crippen molar-refractivity contribution in [1.29, 1.82) is 0 Å². The maximum atomic E-state index is 13.0. The molecule has 2 aromatic rings. The van der Waals surface area contributed by atoms with Crippen molar-refractivity contribution >= 4 is 66.9 Å². The van der Waals surface area contributed by atoms with Crippen LogP contribution in [-0.2, 0) is 20.7 Å². The SMILES string of the molecule is CC(C)(C)OC(=O)c1cc(Br)cc(N2CCC(NC(=O)CCc3cc(Cl)ccc3Br)C2=O)c1. The molecule has 0 spiro atoms. The minimum absolute atomic E-state index is 0.203. The van der Waals surface area contributed by atoms with Crippen molar-refractivity contribution in [3.05, 3.63) is 61.5 Å². The van der Waals surface area contributed by atoms with Crippen LogP contribution in [0.3, 0.4) is 0 Å². The summed E-state index contributed by atoms with van der Waals surface area (Å²) >= 11 is 12.9. The van der Waals surface area contributed by atoms with Crippen LogP contribution in [-0.4, -0.2) is 36.0 Å². The second-order valence-electron chi connectivity index (χ2n) is 8.83. The Morgan fingerprint density at radius 1 is 1.18 bits per heavy atom. The van der Waals surface area contributed by atoms with Gasteiger partial charge in [-0.15, -0.1) is 0 Å². The van der Waals surface area contributed by atoms with E-state index in [1.807, 2.05) is 12.1 Å². The molecule has 0 aromatic heterocycles. The summed E-state index contributed by atoms with van der Waals surface area (Å²) in [5, 5.41) is 3.44. The highest BCUT2D eigenvalue weighted by Crippen LogP contribution is 2.28. The van der Waals surface area contributed by atoms with Crippen molar-refractivity contribution < 1.29 is 19.1 Å². The lowest BCUT2D eigenvalue weighted by Crippen LogP contribution is -2.41. The lowest BCUT2D eigenvalue weighted by atomic mass is 10.1. The van der Waals surface area contributed by atoms with Gasteiger partial charge in [0.15, 0.2) is 0 Å². The number of esters is 1. The summed E-state index contributed by atoms with van der Waals surface area (Å²) in [6.07, 6.45) is 1.23. The second kappa shape index (κ2) is 10.6. The van der Waals surface area contributed by atoms with Gasteiger partial charge < -0.3 is 15.0 Å². The summed E-state index contributed by atoms with van der Waals surface area (Å²) in [5.41, 5.74) is 1.23. The topological polar surface area (TPSA) is 75.7 Å². The number of benzene rings is 2. The van der Waals surface area contributed by atoms with E-state index in [0.29, 0.717) is 40.1 Å². The molecule has 2 amide bonds. The van der Waals surface area contributed by atoms with Crippen LogP contribution in [0.4, 0.5) is 5.69 Å². The molecule has 2 aromatic carbocycles. The number of aryl methyl sites for hydroxylation is 1. The van der Waals surface area contributed by atoms with Crippen LogP contribution in [0.1, 0.15) is 49.5 Å². The van der Waals surface area contributed by atoms with Crippen molar-refractivity contribution in [2.75, 3.05) is 11.4 Å². The number of hydrogen-bond donors (Lipinski definition) is 1. The van der Waals surface area contributed by atoms with E-state index in [1.54, 1.807) is 49.9 Å². The van der Waals surface area contributed by atoms with Crippen LogP contribution in [0.25, 0.3) is 0 Å². The highest BCUT2D eigenvalue weighted by atomic mass is 79.9. The number of anilines is 1. The average molecular weight is 601 g/mol. The molecule has 1 aliphatic rings. The molecule has 1 fully saturated rings. The Labute approximate surface area is 215 Å². The Morgan fingerprint density at radius 2 is 1.91 bits per heavy atom. The molecule has 0 radical (unpaired) electrons. The first-order valence-corrected chi connectivity index (χ1v) is 12.5. The number of rotatable bonds is 6. The Hall–Kier alpha value is -1.90. The summed E-state index contributed by atoms with van der Waals surface area (Å²) in [6, 6.07) is 9.89. The van der Waals surface area contributed by atoms with E-state index in [4.69, 9.17) is 16.3 Å². The fourth-order valence-corrected chi connectivity index (χ4v) is 4.63. The number of nitrogens with zero attached hydrogens (tertiary/aromatic N) is 1. The van der Waals surface area contributed by atoms with E-state index in [9.17, 15) is 14.4 Å². The van der Waals surface area contributed by atoms with E-state index >= 15 is 0 Å². The molecule has 0 aliphatic carbocycles. The van der Waals surface area contributed by atoms with Gasteiger partial charge in [-0.25, -0.2) is 4.79 Å². The van der Waals surface area contributed by atoms with E-state index in [0.717, 1.165) is 10.0 Å². The first-order chi connectivity index (χ1) is 15.4. The molecule has 176 valence electrons. The van der Waals surface area contributed by atoms with Crippen molar-refractivity contribution in [2.24, 2.45) is 0 Å². The van der Waals surface area contributed by atoms with Crippen LogP contribution in [0.2, 0.25) is 5.02 Å². The number of ether oxygens (including phenoxy) is 1. The van der Waals surface area contributed by atoms with E-state index in [-0.39, 0.29) is 18.2 Å². The molecule has 1 N–H and O–H groups in total. The number of hydrogen-bond acceptors (Lipinski definition) is 4. The largest absolute Gasteiger partial charge is 0.456 e. The van der Waals surface area contributed by atoms with Gasteiger partial charge in [0.25, 0.3) is 0 Å². The van der Waals surface area contributed by atoms with Crippen LogP contribution < -0.4 is 10.2 Å². The highest BCUT2D eigenvalue weighted by molar-refractivity contribution is 9.10. The standard InChI is InChI=1S/C24H25Br2ClN2O4/c1-24(2,3)33-23(32)15-10-16(25)13-18(12-15)29-9-8-20(22(29)31)28-21(30)7-4-14-11-17(27)5-6-19(14)26/h5-6,10-13,20H,4,7-9H2,1-3H3,(H,28,30). The van der Waals surface area contributed by atoms with Crippen LogP contribution in [0.5, 0.6) is 0 Å². The van der Waals surface area contributed by atoms with Gasteiger partial charge in [-0.1, -0.05) is 43.5 Å². The summed E-state index contributed by atoms with van der Waals surface area (Å²) in [4.78, 5) is 39.5. The minimum atomic E-state index is -0.626. The predicted molar refractivity (Wildman–Crippen MR) is 136 cm³/mol. The van der Waals surface area contributed by atoms with E-state index in [2.05, 4.69) is 37.2 Å². The number of carbonyl (C=O) groups is 3. The Balaban J connectivity index is 1.64. The molecule has 1 heterocycles. The smallest absolute Gasteiger partial charge is 0.338 e. The van der Waals surface area contributed by atoms with Crippen LogP contribution in [0, 0.1) is 0 Å². The number of nitrogens with one attached hydrogen (secondary N) is 1. The molecule has 1 atom stereocenters. The van der Waals surface area contributed by atoms with Gasteiger partial charge in [-0.3, -0.25) is 9.59 Å². The van der Waals surface area contributed by atoms with Crippen LogP contribution in [0.15, 0.2) is 45.3 Å². The van der Waals surface area contributed by atoms with Crippen molar-refractivity contribution in [1.82, 2.24) is 5.32 Å². The lowest BCUT2D eigenvalue weighted by molar-refractivity contribution is -0.126. The maximum Gasteiger partial charge on any atom is 0.338 e. The van der Waals surface area contributed by atoms with Gasteiger partial charge in [0, 0.05) is 32.6 Å². The molecule has 9 heteroatoms. The molecule has 1 aliphatic heterocycles. The zero-order valence-electron chi connectivity index (χ0n) is 18.6. The lowest BCUT2D eigenvalue weighted by Gasteiger charge is -2.21. The third-order valence-corrected chi connectivity index (χ3v) is 6.47. The summed E-state index contributed by atoms with van der Waals surface area (Å²) in [5.74, 6) is -0.875. The van der Waals surface area contributed by atoms with Gasteiger partial charge in [-0.2, -0.15) is 0 Å². The maximum absolute atomic E-state index is 13.0. The molecular formula is C24H25Br2ClN2O4. The monoisotopic (exact) mass is 598 g/mol. The third kappa shape index (κ3) is 7.04. The Morgan fingerprint density at radius 3 is 2.61 bits per heavy atom. The molecule has 0 saturated carbocycles. The van der Waals surface area contributed by atoms with Crippen LogP contribution >= 0.6 is 43.5 Å². The van der Waals surface area contributed by atoms with Gasteiger partial charge >= 0.3 is 5.97 Å². The molecule has 1 saturated heterocycles.